The molecule has 0 radical (unpaired) electrons. The van der Waals surface area contributed by atoms with E-state index in [0.29, 0.717) is 0 Å². The molecule has 0 aliphatic heterocycles. The third-order valence-electron chi connectivity index (χ3n) is 5.51. The summed E-state index contributed by atoms with van der Waals surface area (Å²) in [5, 5.41) is 0. The maximum atomic E-state index is 12.3. The summed E-state index contributed by atoms with van der Waals surface area (Å²) in [4.78, 5) is 109. The molecule has 0 N–H and O–H groups in total. The first kappa shape index (κ1) is 31.0. The van der Waals surface area contributed by atoms with Crippen molar-refractivity contribution in [2.45, 2.75) is 62.3 Å². The van der Waals surface area contributed by atoms with Gasteiger partial charge < -0.3 is 11.4 Å². The Kier molecular flexibility index (Phi) is 9.95. The van der Waals surface area contributed by atoms with Crippen LogP contribution in [0, 0.1) is 16.2 Å². The van der Waals surface area contributed by atoms with Crippen molar-refractivity contribution in [1.82, 2.24) is 0 Å². The highest BCUT2D eigenvalue weighted by atomic mass is 27.3. The second-order valence-corrected chi connectivity index (χ2v) is 10.3. The maximum absolute atomic E-state index is 12.3. The zero-order valence-corrected chi connectivity index (χ0v) is 21.6. The Bertz CT molecular complexity index is 847. The van der Waals surface area contributed by atoms with E-state index in [1.807, 2.05) is 0 Å². The normalized spacial score (nSPS) is 11.6. The average molecular weight is 498 g/mol. The first-order valence-corrected chi connectivity index (χ1v) is 11.3. The molecule has 0 aromatic heterocycles. The lowest BCUT2D eigenvalue weighted by Crippen LogP contribution is -2.47. The number of rotatable bonds is 12. The zero-order chi connectivity index (χ0) is 27.4. The van der Waals surface area contributed by atoms with Gasteiger partial charge in [-0.2, -0.15) is 0 Å². The molecule has 0 bridgehead atoms. The Morgan fingerprint density at radius 1 is 0.441 bits per heavy atom. The molecule has 0 rings (SSSR count). The second-order valence-electron chi connectivity index (χ2n) is 9.04. The summed E-state index contributed by atoms with van der Waals surface area (Å²) in [5.41, 5.74) is -5.53. The minimum Gasteiger partial charge on any atom is -0.545 e. The molecular weight excluding hydrogens is 471 g/mol. The van der Waals surface area contributed by atoms with Crippen molar-refractivity contribution in [3.05, 3.63) is 0 Å². The fourth-order valence-corrected chi connectivity index (χ4v) is 2.73. The highest BCUT2D eigenvalue weighted by Gasteiger charge is 2.55. The number of ketones is 6. The quantitative estimate of drug-likeness (QED) is 0.202. The van der Waals surface area contributed by atoms with E-state index in [4.69, 9.17) is 0 Å². The van der Waals surface area contributed by atoms with Gasteiger partial charge in [0.25, 0.3) is 0 Å². The number of hydrogen-bond donors (Lipinski definition) is 0. The molecular formula is C21H27AlO12. The van der Waals surface area contributed by atoms with Gasteiger partial charge in [-0.25, -0.2) is 14.4 Å². The summed E-state index contributed by atoms with van der Waals surface area (Å²) in [6.45, 7) is 9.80. The molecule has 186 valence electrons. The van der Waals surface area contributed by atoms with Crippen LogP contribution in [0.15, 0.2) is 0 Å². The van der Waals surface area contributed by atoms with E-state index in [1.54, 1.807) is 0 Å². The standard InChI is InChI=1S/3C7H10O4.Al/c3*1-4(8)7(2,3)5(9)6(10)11;/h3*1-3H3,(H,10,11);/q;;;+3/p-3. The minimum absolute atomic E-state index is 0.710. The summed E-state index contributed by atoms with van der Waals surface area (Å²) < 4.78 is 14.0. The van der Waals surface area contributed by atoms with Crippen LogP contribution in [-0.4, -0.2) is 67.8 Å². The van der Waals surface area contributed by atoms with Gasteiger partial charge in [0.15, 0.2) is 0 Å². The van der Waals surface area contributed by atoms with Crippen LogP contribution in [0.2, 0.25) is 0 Å². The van der Waals surface area contributed by atoms with Crippen LogP contribution < -0.4 is 0 Å². The molecule has 12 nitrogen and oxygen atoms in total. The lowest BCUT2D eigenvalue weighted by atomic mass is 9.84. The van der Waals surface area contributed by atoms with Crippen LogP contribution in [0.1, 0.15) is 62.3 Å². The molecule has 0 fully saturated rings. The van der Waals surface area contributed by atoms with Crippen LogP contribution >= 0.6 is 0 Å². The largest absolute Gasteiger partial charge is 1.20 e. The Hall–Kier alpha value is -3.04. The third kappa shape index (κ3) is 6.98. The monoisotopic (exact) mass is 498 g/mol. The lowest BCUT2D eigenvalue weighted by Gasteiger charge is -2.22. The summed E-state index contributed by atoms with van der Waals surface area (Å²) in [6, 6.07) is 0. The van der Waals surface area contributed by atoms with E-state index < -0.39 is 84.0 Å². The van der Waals surface area contributed by atoms with Gasteiger partial charge in [0, 0.05) is 0 Å². The van der Waals surface area contributed by atoms with Crippen molar-refractivity contribution in [3.63, 3.8) is 0 Å². The van der Waals surface area contributed by atoms with Gasteiger partial charge in [0.2, 0.25) is 17.3 Å². The van der Waals surface area contributed by atoms with E-state index in [0.717, 1.165) is 62.3 Å². The molecule has 0 heterocycles. The Morgan fingerprint density at radius 2 is 0.618 bits per heavy atom. The van der Waals surface area contributed by atoms with Crippen molar-refractivity contribution < 1.29 is 54.5 Å². The van der Waals surface area contributed by atoms with Crippen LogP contribution in [0.3, 0.4) is 0 Å². The van der Waals surface area contributed by atoms with Crippen LogP contribution in [0.5, 0.6) is 0 Å². The van der Waals surface area contributed by atoms with E-state index >= 15 is 0 Å². The molecule has 0 unspecified atom stereocenters. The third-order valence-corrected chi connectivity index (χ3v) is 6.73. The summed E-state index contributed by atoms with van der Waals surface area (Å²) in [7, 11) is 0. The maximum Gasteiger partial charge on any atom is 1.20 e. The highest BCUT2D eigenvalue weighted by Crippen LogP contribution is 2.22. The fourth-order valence-electron chi connectivity index (χ4n) is 1.74. The van der Waals surface area contributed by atoms with Gasteiger partial charge >= 0.3 is 33.1 Å². The van der Waals surface area contributed by atoms with Gasteiger partial charge in [-0.1, -0.05) is 0 Å². The molecule has 13 heteroatoms. The van der Waals surface area contributed by atoms with Gasteiger partial charge in [-0.3, -0.25) is 28.8 Å². The Morgan fingerprint density at radius 3 is 0.765 bits per heavy atom. The molecule has 34 heavy (non-hydrogen) atoms. The topological polar surface area (TPSA) is 181 Å². The predicted molar refractivity (Wildman–Crippen MR) is 112 cm³/mol. The lowest BCUT2D eigenvalue weighted by molar-refractivity contribution is -0.164. The van der Waals surface area contributed by atoms with Crippen molar-refractivity contribution in [1.29, 1.82) is 0 Å². The fraction of sp³-hybridized carbons (Fsp3) is 0.571. The number of Topliss-reactive ketones (excluding diaryl/α,β-unsaturated/α-hetero) is 6. The van der Waals surface area contributed by atoms with Crippen LogP contribution in [-0.2, 0) is 54.5 Å². The number of carbonyl (C=O) groups excluding carboxylic acids is 9. The van der Waals surface area contributed by atoms with E-state index in [2.05, 4.69) is 11.4 Å². The van der Waals surface area contributed by atoms with Gasteiger partial charge in [-0.15, -0.1) is 0 Å². The van der Waals surface area contributed by atoms with E-state index in [9.17, 15) is 43.2 Å². The zero-order valence-electron chi connectivity index (χ0n) is 20.5. The second kappa shape index (κ2) is 10.9. The summed E-state index contributed by atoms with van der Waals surface area (Å²) in [6.07, 6.45) is 0. The number of hydrogen-bond acceptors (Lipinski definition) is 12. The van der Waals surface area contributed by atoms with Crippen molar-refractivity contribution in [2.75, 3.05) is 0 Å². The molecule has 0 saturated carbocycles. The Labute approximate surface area is 201 Å². The van der Waals surface area contributed by atoms with Gasteiger partial charge in [-0.05, 0) is 62.3 Å². The molecule has 0 amide bonds. The Balaban J connectivity index is 6.01. The first-order chi connectivity index (χ1) is 15.1. The predicted octanol–water partition coefficient (Wildman–Crippen LogP) is 0.154. The molecule has 0 aliphatic carbocycles. The van der Waals surface area contributed by atoms with Crippen LogP contribution in [0.4, 0.5) is 0 Å². The van der Waals surface area contributed by atoms with Crippen molar-refractivity contribution in [2.24, 2.45) is 16.2 Å². The van der Waals surface area contributed by atoms with E-state index in [-0.39, 0.29) is 0 Å². The van der Waals surface area contributed by atoms with Crippen molar-refractivity contribution in [3.8, 4) is 0 Å². The molecule has 0 atom stereocenters. The highest BCUT2D eigenvalue weighted by molar-refractivity contribution is 6.57. The SMILES string of the molecule is CC(=O)C(C)(C)C(=O)C(=O)[O][Al]([O]C(=O)C(=O)C(C)(C)C(C)=O)[O]C(=O)C(=O)C(C)(C)C(C)=O. The summed E-state index contributed by atoms with van der Waals surface area (Å²) >= 11 is -4.43. The van der Waals surface area contributed by atoms with Crippen molar-refractivity contribution >= 4 is 67.8 Å². The van der Waals surface area contributed by atoms with E-state index in [1.165, 1.54) is 0 Å². The minimum atomic E-state index is -4.43. The number of carbonyl (C=O) groups is 9. The molecule has 0 aromatic carbocycles. The first-order valence-electron chi connectivity index (χ1n) is 9.91. The van der Waals surface area contributed by atoms with Crippen LogP contribution in [0.25, 0.3) is 0 Å². The average Bonchev–Trinajstić information content (AvgIpc) is 2.70. The molecule has 0 saturated heterocycles. The van der Waals surface area contributed by atoms with Gasteiger partial charge in [0.05, 0.1) is 16.2 Å². The molecule has 0 aliphatic rings. The molecule has 0 spiro atoms. The van der Waals surface area contributed by atoms with Gasteiger partial charge in [0.1, 0.15) is 17.3 Å². The molecule has 0 aromatic rings. The smallest absolute Gasteiger partial charge is 0.545 e. The summed E-state index contributed by atoms with van der Waals surface area (Å²) in [5.74, 6) is -11.5.